The van der Waals surface area contributed by atoms with Crippen molar-refractivity contribution >= 4 is 29.2 Å². The van der Waals surface area contributed by atoms with Crippen LogP contribution in [0.25, 0.3) is 55.3 Å². The van der Waals surface area contributed by atoms with Gasteiger partial charge < -0.3 is 39.1 Å². The summed E-state index contributed by atoms with van der Waals surface area (Å²) in [5.41, 5.74) is 10.4. The maximum atomic E-state index is 14.7. The van der Waals surface area contributed by atoms with E-state index < -0.39 is 94.6 Å². The van der Waals surface area contributed by atoms with E-state index in [2.05, 4.69) is 93.9 Å². The number of hydrogen-bond donors (Lipinski definition) is 3. The van der Waals surface area contributed by atoms with Crippen LogP contribution in [-0.2, 0) is 82.8 Å². The predicted molar refractivity (Wildman–Crippen MR) is 493 cm³/mol. The number of amides is 1. The molecule has 0 spiro atoms. The minimum atomic E-state index is -5.16. The standard InChI is InChI=1S/C38H43FN2O8.C30H25F10NO3.C18H18N2S.C15H17N3.C2H3N/c1-26(2)37-36(33(44)23-27-11-5-3-6-12-27)35(28-13-7-4-8-14-28)38(29-15-17-30(39)18-16-29)40(37)20-19-31(42)24-32(43)25-34(45)48-21-9-10-22-49-41(46)47;1-14(2)22-11-23(25(43-4)12-24(22)31)21-6-5-18(28(32,33)34)9-17(21)13-41-15(3)26(44-27(41)42)16-7-19(29(35,36)37)10-20(8-16)30(38,39)40;1-3-4-16-11-15(9-10-19-16)18-20-17(12-21-18)14-7-5-13(2)6-8-14;1-2-4-12(5-3-1)10-15-17-11-13-6-8-16-9-7-14(13)18-15;1-2-3/h3-8,11-18,26,31-32,42-43H,9-10,19-25H2,1-2H3;5-12,14-15,26H,13H2,1-4H3;5-12H,3-4H2,1-2H3;1-5,11,16H,6-10H2;1H3/t31-,32-;15-,26-;;;/m10.../s1. The Kier molecular flexibility index (Phi) is 37.5. The number of carbonyl (C=O) groups excluding carboxylic acids is 3. The topological polar surface area (TPSA) is 267 Å². The highest BCUT2D eigenvalue weighted by Crippen LogP contribution is 2.47. The molecule has 6 heterocycles. The van der Waals surface area contributed by atoms with E-state index in [-0.39, 0.29) is 103 Å². The Labute approximate surface area is 780 Å². The molecule has 2 aliphatic rings. The van der Waals surface area contributed by atoms with Gasteiger partial charge in [0.15, 0.2) is 5.78 Å². The van der Waals surface area contributed by atoms with E-state index in [4.69, 9.17) is 29.4 Å². The average Bonchev–Trinajstić information content (AvgIpc) is 1.59. The number of hydrogen-bond acceptors (Lipinski definition) is 18. The van der Waals surface area contributed by atoms with Crippen molar-refractivity contribution < 1.29 is 97.0 Å². The third-order valence-electron chi connectivity index (χ3n) is 22.2. The van der Waals surface area contributed by atoms with E-state index in [9.17, 15) is 83.0 Å². The van der Waals surface area contributed by atoms with E-state index in [1.54, 1.807) is 43.4 Å². The van der Waals surface area contributed by atoms with Gasteiger partial charge in [0.1, 0.15) is 34.3 Å². The number of halogens is 11. The summed E-state index contributed by atoms with van der Waals surface area (Å²) in [5, 5.41) is 44.8. The lowest BCUT2D eigenvalue weighted by Gasteiger charge is -2.24. The van der Waals surface area contributed by atoms with Crippen LogP contribution >= 0.6 is 11.3 Å². The first-order valence-electron chi connectivity index (χ1n) is 44.0. The Morgan fingerprint density at radius 1 is 0.711 bits per heavy atom. The molecular formula is C103H106F11N9O11S. The number of nitrogens with zero attached hydrogens (tertiary/aromatic N) is 8. The summed E-state index contributed by atoms with van der Waals surface area (Å²) in [6, 6.07) is 54.8. The van der Waals surface area contributed by atoms with Crippen molar-refractivity contribution in [2.45, 2.75) is 194 Å². The molecule has 1 saturated heterocycles. The number of alkyl halides is 9. The van der Waals surface area contributed by atoms with Gasteiger partial charge in [-0.3, -0.25) is 19.5 Å². The zero-order valence-electron chi connectivity index (χ0n) is 76.0. The number of unbranched alkanes of at least 4 members (excludes halogenated alkanes) is 1. The zero-order valence-corrected chi connectivity index (χ0v) is 76.8. The number of aryl methyl sites for hydroxylation is 2. The van der Waals surface area contributed by atoms with Gasteiger partial charge in [-0.05, 0) is 194 Å². The van der Waals surface area contributed by atoms with Crippen LogP contribution in [0.2, 0.25) is 0 Å². The van der Waals surface area contributed by atoms with Crippen molar-refractivity contribution in [3.63, 3.8) is 0 Å². The van der Waals surface area contributed by atoms with Gasteiger partial charge in [0.2, 0.25) is 0 Å². The van der Waals surface area contributed by atoms with Crippen molar-refractivity contribution in [3.05, 3.63) is 324 Å². The normalized spacial score (nSPS) is 14.0. The van der Waals surface area contributed by atoms with Crippen LogP contribution in [0.1, 0.15) is 194 Å². The highest BCUT2D eigenvalue weighted by molar-refractivity contribution is 7.13. The van der Waals surface area contributed by atoms with Crippen LogP contribution in [0.5, 0.6) is 5.75 Å². The number of aliphatic hydroxyl groups excluding tert-OH is 2. The number of cyclic esters (lactones) is 1. The predicted octanol–water partition coefficient (Wildman–Crippen LogP) is 24.1. The summed E-state index contributed by atoms with van der Waals surface area (Å²) in [6.07, 6.45) is -10.5. The summed E-state index contributed by atoms with van der Waals surface area (Å²) in [7, 11) is 1.23. The van der Waals surface area contributed by atoms with Crippen LogP contribution in [0.4, 0.5) is 53.1 Å². The number of aliphatic hydroxyl groups is 2. The van der Waals surface area contributed by atoms with Gasteiger partial charge >= 0.3 is 30.6 Å². The smallest absolute Gasteiger partial charge is 0.416 e. The second kappa shape index (κ2) is 48.7. The van der Waals surface area contributed by atoms with E-state index in [0.29, 0.717) is 36.1 Å². The first-order valence-corrected chi connectivity index (χ1v) is 44.9. The number of aromatic nitrogens is 5. The lowest BCUT2D eigenvalue weighted by atomic mass is 9.90. The summed E-state index contributed by atoms with van der Waals surface area (Å²) >= 11 is 1.69. The first kappa shape index (κ1) is 104. The molecular weight excluding hydrogens is 1780 g/mol. The molecule has 4 aromatic heterocycles. The Balaban J connectivity index is 0.000000198. The number of benzene rings is 8. The number of carbonyl (C=O) groups is 3. The molecule has 712 valence electrons. The molecule has 0 unspecified atom stereocenters. The molecule has 3 N–H and O–H groups in total. The Hall–Kier alpha value is -13.1. The van der Waals surface area contributed by atoms with Crippen LogP contribution in [-0.4, -0.2) is 114 Å². The van der Waals surface area contributed by atoms with E-state index in [0.717, 1.165) is 130 Å². The maximum absolute atomic E-state index is 14.7. The van der Waals surface area contributed by atoms with E-state index >= 15 is 0 Å². The molecule has 14 rings (SSSR count). The Morgan fingerprint density at radius 2 is 1.33 bits per heavy atom. The fourth-order valence-corrected chi connectivity index (χ4v) is 16.5. The zero-order chi connectivity index (χ0) is 97.8. The monoisotopic (exact) mass is 1890 g/mol. The van der Waals surface area contributed by atoms with Gasteiger partial charge in [-0.2, -0.15) is 44.8 Å². The fourth-order valence-electron chi connectivity index (χ4n) is 15.6. The molecule has 1 amide bonds. The molecule has 0 radical (unpaired) electrons. The number of nitrogens with one attached hydrogen (secondary N) is 1. The summed E-state index contributed by atoms with van der Waals surface area (Å²) in [4.78, 5) is 73.1. The second-order valence-corrected chi connectivity index (χ2v) is 33.8. The third kappa shape index (κ3) is 29.5. The van der Waals surface area contributed by atoms with Crippen molar-refractivity contribution in [1.29, 1.82) is 5.26 Å². The summed E-state index contributed by atoms with van der Waals surface area (Å²) in [6.45, 7) is 16.1. The van der Waals surface area contributed by atoms with Crippen LogP contribution < -0.4 is 10.1 Å². The number of rotatable bonds is 31. The van der Waals surface area contributed by atoms with Gasteiger partial charge in [-0.1, -0.05) is 168 Å². The van der Waals surface area contributed by atoms with E-state index in [1.165, 1.54) is 67.1 Å². The Morgan fingerprint density at radius 3 is 1.95 bits per heavy atom. The van der Waals surface area contributed by atoms with Crippen LogP contribution in [0, 0.1) is 40.0 Å². The van der Waals surface area contributed by atoms with Crippen molar-refractivity contribution in [2.24, 2.45) is 0 Å². The average molecular weight is 1890 g/mol. The van der Waals surface area contributed by atoms with Gasteiger partial charge in [0.05, 0.1) is 85.7 Å². The highest BCUT2D eigenvalue weighted by atomic mass is 32.1. The molecule has 8 aromatic carbocycles. The molecule has 0 saturated carbocycles. The number of ether oxygens (including phenoxy) is 3. The minimum Gasteiger partial charge on any atom is -0.496 e. The number of fused-ring (bicyclic) bond motifs is 1. The highest BCUT2D eigenvalue weighted by Gasteiger charge is 2.45. The van der Waals surface area contributed by atoms with Gasteiger partial charge in [-0.15, -0.1) is 21.5 Å². The quantitative estimate of drug-likeness (QED) is 0.00910. The lowest BCUT2D eigenvalue weighted by molar-refractivity contribution is -0.757. The number of thiazole rings is 1. The number of ketones is 1. The lowest BCUT2D eigenvalue weighted by Crippen LogP contribution is -2.32. The largest absolute Gasteiger partial charge is 0.496 e. The first-order chi connectivity index (χ1) is 64.3. The van der Waals surface area contributed by atoms with Crippen LogP contribution in [0.3, 0.4) is 0 Å². The van der Waals surface area contributed by atoms with Gasteiger partial charge in [0, 0.05) is 108 Å². The molecule has 1 fully saturated rings. The molecule has 2 aliphatic heterocycles. The number of esters is 1. The van der Waals surface area contributed by atoms with Crippen molar-refractivity contribution in [3.8, 4) is 67.2 Å². The maximum Gasteiger partial charge on any atom is 0.416 e. The molecule has 0 bridgehead atoms. The van der Waals surface area contributed by atoms with Crippen molar-refractivity contribution in [2.75, 3.05) is 33.4 Å². The SMILES string of the molecule is CC#N.CC(C)c1c(C(=O)Cc2ccccc2)c(-c2ccccc2)c(-c2ccc(F)cc2)n1CC[C@@H](O)C[C@@H](O)CC(=O)OCCCCO[N+](=O)[O-].CCCc1cc(-c2nc(-c3ccc(C)cc3)cs2)ccn1.COc1cc(F)c(C(C)C)cc1-c1ccc(C(F)(F)F)cc1CN1C(=O)O[C@H](c2cc(C(F)(F)F)cc(C(F)(F)F)c2)[C@@H]1C.c1ccc(Cc2ncc3c(n2)CCNCC3)cc1. The third-order valence-corrected chi connectivity index (χ3v) is 23.1. The number of methoxy groups -OCH3 is 1. The van der Waals surface area contributed by atoms with E-state index in [1.807, 2.05) is 104 Å². The number of Topliss-reactive ketones (excluding diaryl/α,β-unsaturated/α-hetero) is 1. The Bertz CT molecular complexity index is 5950. The molecule has 20 nitrogen and oxygen atoms in total. The van der Waals surface area contributed by atoms with Gasteiger partial charge in [0.25, 0.3) is 5.09 Å². The number of pyridine rings is 1. The molecule has 4 atom stereocenters. The molecule has 0 aliphatic carbocycles. The van der Waals surface area contributed by atoms with Gasteiger partial charge in [-0.25, -0.2) is 28.5 Å². The summed E-state index contributed by atoms with van der Waals surface area (Å²) < 4.78 is 168. The molecule has 135 heavy (non-hydrogen) atoms. The number of nitriles is 1. The molecule has 12 aromatic rings. The fraction of sp³-hybridized carbons (Fsp3) is 0.340. The van der Waals surface area contributed by atoms with Crippen molar-refractivity contribution in [1.82, 2.24) is 34.7 Å². The van der Waals surface area contributed by atoms with Crippen LogP contribution in [0.15, 0.2) is 218 Å². The molecule has 32 heteroatoms. The summed E-state index contributed by atoms with van der Waals surface area (Å²) in [5.74, 6) is -1.23. The minimum absolute atomic E-state index is 0.0218. The second-order valence-electron chi connectivity index (χ2n) is 33.0.